The Morgan fingerprint density at radius 3 is 2.32 bits per heavy atom. The van der Waals surface area contributed by atoms with Crippen LogP contribution in [0.5, 0.6) is 5.75 Å². The lowest BCUT2D eigenvalue weighted by Crippen LogP contribution is -2.16. The Bertz CT molecular complexity index is 568. The molecule has 2 rings (SSSR count). The van der Waals surface area contributed by atoms with Crippen LogP contribution in [0.1, 0.15) is 5.01 Å². The van der Waals surface area contributed by atoms with Crippen LogP contribution < -0.4 is 4.74 Å². The number of rotatable bonds is 3. The molecule has 0 bridgehead atoms. The summed E-state index contributed by atoms with van der Waals surface area (Å²) in [6.07, 6.45) is -4.67. The summed E-state index contributed by atoms with van der Waals surface area (Å²) >= 11 is 8.16. The van der Waals surface area contributed by atoms with Gasteiger partial charge in [0.2, 0.25) is 0 Å². The van der Waals surface area contributed by atoms with Crippen LogP contribution in [0.25, 0.3) is 11.3 Å². The Morgan fingerprint density at radius 2 is 1.84 bits per heavy atom. The molecule has 1 aromatic heterocycles. The SMILES string of the molecule is FC(F)(F)Oc1ccc(-c2nc(CBr)sc2Br)cc1. The van der Waals surface area contributed by atoms with Crippen molar-refractivity contribution < 1.29 is 17.9 Å². The fourth-order valence-electron chi connectivity index (χ4n) is 1.39. The summed E-state index contributed by atoms with van der Waals surface area (Å²) in [5.41, 5.74) is 1.43. The van der Waals surface area contributed by atoms with E-state index in [0.717, 1.165) is 14.4 Å². The van der Waals surface area contributed by atoms with Gasteiger partial charge in [0.15, 0.2) is 0 Å². The maximum absolute atomic E-state index is 12.0. The van der Waals surface area contributed by atoms with Gasteiger partial charge in [0, 0.05) is 5.56 Å². The van der Waals surface area contributed by atoms with E-state index < -0.39 is 6.36 Å². The first-order valence-corrected chi connectivity index (χ1v) is 7.69. The molecule has 0 N–H and O–H groups in total. The van der Waals surface area contributed by atoms with Crippen molar-refractivity contribution in [2.24, 2.45) is 0 Å². The molecule has 0 saturated heterocycles. The van der Waals surface area contributed by atoms with E-state index in [4.69, 9.17) is 0 Å². The minimum absolute atomic E-state index is 0.247. The van der Waals surface area contributed by atoms with Crippen LogP contribution in [0.3, 0.4) is 0 Å². The molecule has 1 heterocycles. The molecule has 19 heavy (non-hydrogen) atoms. The van der Waals surface area contributed by atoms with Gasteiger partial charge in [-0.25, -0.2) is 4.98 Å². The molecular formula is C11H6Br2F3NOS. The Balaban J connectivity index is 2.24. The molecular weight excluding hydrogens is 411 g/mol. The number of thiazole rings is 1. The van der Waals surface area contributed by atoms with Crippen molar-refractivity contribution >= 4 is 43.2 Å². The number of benzene rings is 1. The first-order valence-electron chi connectivity index (χ1n) is 4.96. The van der Waals surface area contributed by atoms with E-state index in [1.54, 1.807) is 12.1 Å². The number of ether oxygens (including phenoxy) is 1. The zero-order valence-corrected chi connectivity index (χ0v) is 13.2. The standard InChI is InChI=1S/C11H6Br2F3NOS/c12-5-8-17-9(10(13)19-8)6-1-3-7(4-2-6)18-11(14,15)16/h1-4H,5H2. The van der Waals surface area contributed by atoms with Crippen LogP contribution in [-0.4, -0.2) is 11.3 Å². The summed E-state index contributed by atoms with van der Waals surface area (Å²) in [5, 5.41) is 1.52. The van der Waals surface area contributed by atoms with Gasteiger partial charge in [0.1, 0.15) is 10.8 Å². The number of hydrogen-bond acceptors (Lipinski definition) is 3. The van der Waals surface area contributed by atoms with E-state index in [2.05, 4.69) is 41.6 Å². The van der Waals surface area contributed by atoms with E-state index in [0.29, 0.717) is 11.0 Å². The quantitative estimate of drug-likeness (QED) is 0.628. The molecule has 0 aliphatic rings. The molecule has 0 atom stereocenters. The third-order valence-electron chi connectivity index (χ3n) is 2.11. The van der Waals surface area contributed by atoms with Crippen LogP contribution in [0.4, 0.5) is 13.2 Å². The van der Waals surface area contributed by atoms with Crippen LogP contribution in [0.15, 0.2) is 28.1 Å². The lowest BCUT2D eigenvalue weighted by molar-refractivity contribution is -0.274. The average molecular weight is 417 g/mol. The topological polar surface area (TPSA) is 22.1 Å². The second kappa shape index (κ2) is 5.80. The minimum atomic E-state index is -4.67. The Kier molecular flexibility index (Phi) is 4.52. The zero-order valence-electron chi connectivity index (χ0n) is 9.17. The van der Waals surface area contributed by atoms with Gasteiger partial charge < -0.3 is 4.74 Å². The lowest BCUT2D eigenvalue weighted by atomic mass is 10.2. The van der Waals surface area contributed by atoms with Gasteiger partial charge in [-0.1, -0.05) is 15.9 Å². The molecule has 0 saturated carbocycles. The number of nitrogens with zero attached hydrogens (tertiary/aromatic N) is 1. The second-order valence-corrected chi connectivity index (χ2v) is 6.40. The maximum Gasteiger partial charge on any atom is 0.573 e. The van der Waals surface area contributed by atoms with Crippen molar-refractivity contribution in [2.45, 2.75) is 11.7 Å². The molecule has 2 nitrogen and oxygen atoms in total. The first-order chi connectivity index (χ1) is 8.89. The van der Waals surface area contributed by atoms with Crippen LogP contribution in [-0.2, 0) is 5.33 Å². The van der Waals surface area contributed by atoms with Gasteiger partial charge in [0.25, 0.3) is 0 Å². The number of aromatic nitrogens is 1. The van der Waals surface area contributed by atoms with Crippen molar-refractivity contribution in [3.63, 3.8) is 0 Å². The molecule has 8 heteroatoms. The molecule has 0 amide bonds. The van der Waals surface area contributed by atoms with Gasteiger partial charge in [0.05, 0.1) is 14.8 Å². The van der Waals surface area contributed by atoms with E-state index in [1.807, 2.05) is 0 Å². The number of hydrogen-bond donors (Lipinski definition) is 0. The van der Waals surface area contributed by atoms with E-state index in [9.17, 15) is 13.2 Å². The highest BCUT2D eigenvalue weighted by molar-refractivity contribution is 9.11. The fourth-order valence-corrected chi connectivity index (χ4v) is 3.40. The first kappa shape index (κ1) is 14.8. The van der Waals surface area contributed by atoms with Crippen molar-refractivity contribution in [1.29, 1.82) is 0 Å². The number of halogens is 5. The Labute approximate surface area is 127 Å². The smallest absolute Gasteiger partial charge is 0.406 e. The van der Waals surface area contributed by atoms with Crippen molar-refractivity contribution in [2.75, 3.05) is 0 Å². The summed E-state index contributed by atoms with van der Waals surface area (Å²) in [6, 6.07) is 5.61. The molecule has 0 radical (unpaired) electrons. The van der Waals surface area contributed by atoms with Crippen LogP contribution >= 0.6 is 43.2 Å². The fraction of sp³-hybridized carbons (Fsp3) is 0.182. The molecule has 0 unspecified atom stereocenters. The average Bonchev–Trinajstić information content (AvgIpc) is 2.70. The molecule has 0 spiro atoms. The third-order valence-corrected chi connectivity index (χ3v) is 4.71. The van der Waals surface area contributed by atoms with Gasteiger partial charge in [-0.2, -0.15) is 0 Å². The van der Waals surface area contributed by atoms with E-state index in [-0.39, 0.29) is 5.75 Å². The van der Waals surface area contributed by atoms with Gasteiger partial charge in [-0.3, -0.25) is 0 Å². The maximum atomic E-state index is 12.0. The normalized spacial score (nSPS) is 11.6. The summed E-state index contributed by atoms with van der Waals surface area (Å²) in [4.78, 5) is 4.36. The lowest BCUT2D eigenvalue weighted by Gasteiger charge is -2.08. The molecule has 0 aliphatic heterocycles. The largest absolute Gasteiger partial charge is 0.573 e. The summed E-state index contributed by atoms with van der Waals surface area (Å²) in [5.74, 6) is -0.247. The van der Waals surface area contributed by atoms with Crippen LogP contribution in [0, 0.1) is 0 Å². The molecule has 0 fully saturated rings. The van der Waals surface area contributed by atoms with Crippen molar-refractivity contribution in [3.05, 3.63) is 33.1 Å². The summed E-state index contributed by atoms with van der Waals surface area (Å²) in [6.45, 7) is 0. The predicted octanol–water partition coefficient (Wildman–Crippen LogP) is 5.37. The van der Waals surface area contributed by atoms with Gasteiger partial charge in [-0.05, 0) is 40.2 Å². The zero-order chi connectivity index (χ0) is 14.0. The highest BCUT2D eigenvalue weighted by Gasteiger charge is 2.31. The highest BCUT2D eigenvalue weighted by atomic mass is 79.9. The predicted molar refractivity (Wildman–Crippen MR) is 74.6 cm³/mol. The highest BCUT2D eigenvalue weighted by Crippen LogP contribution is 2.34. The van der Waals surface area contributed by atoms with Crippen LogP contribution in [0.2, 0.25) is 0 Å². The van der Waals surface area contributed by atoms with Crippen molar-refractivity contribution in [1.82, 2.24) is 4.98 Å². The molecule has 2 aromatic rings. The van der Waals surface area contributed by atoms with Gasteiger partial charge in [-0.15, -0.1) is 24.5 Å². The Morgan fingerprint density at radius 1 is 1.21 bits per heavy atom. The Hall–Kier alpha value is -0.600. The monoisotopic (exact) mass is 415 g/mol. The molecule has 102 valence electrons. The third kappa shape index (κ3) is 3.93. The molecule has 1 aromatic carbocycles. The summed E-state index contributed by atoms with van der Waals surface area (Å²) < 4.78 is 40.7. The summed E-state index contributed by atoms with van der Waals surface area (Å²) in [7, 11) is 0. The van der Waals surface area contributed by atoms with E-state index in [1.165, 1.54) is 23.5 Å². The number of alkyl halides is 4. The van der Waals surface area contributed by atoms with E-state index >= 15 is 0 Å². The molecule has 0 aliphatic carbocycles. The van der Waals surface area contributed by atoms with Gasteiger partial charge >= 0.3 is 6.36 Å². The second-order valence-electron chi connectivity index (χ2n) is 3.44. The van der Waals surface area contributed by atoms with Crippen molar-refractivity contribution in [3.8, 4) is 17.0 Å². The minimum Gasteiger partial charge on any atom is -0.406 e.